The Hall–Kier alpha value is -4.75. The van der Waals surface area contributed by atoms with Crippen molar-refractivity contribution in [2.75, 3.05) is 29.5 Å². The van der Waals surface area contributed by atoms with Crippen molar-refractivity contribution in [3.05, 3.63) is 66.0 Å². The van der Waals surface area contributed by atoms with Crippen LogP contribution in [0, 0.1) is 5.82 Å². The molecular weight excluding hydrogens is 532 g/mol. The van der Waals surface area contributed by atoms with Crippen LogP contribution in [0.25, 0.3) is 16.6 Å². The smallest absolute Gasteiger partial charge is 0.382 e. The van der Waals surface area contributed by atoms with Gasteiger partial charge in [-0.3, -0.25) is 10.1 Å². The van der Waals surface area contributed by atoms with Crippen LogP contribution >= 0.6 is 0 Å². The number of carbonyl (C=O) groups is 2. The molecule has 4 aromatic rings. The number of nitrogens with zero attached hydrogens (tertiary/aromatic N) is 5. The van der Waals surface area contributed by atoms with Crippen LogP contribution in [0.15, 0.2) is 48.9 Å². The van der Waals surface area contributed by atoms with Crippen LogP contribution in [0.1, 0.15) is 36.9 Å². The van der Waals surface area contributed by atoms with Crippen LogP contribution in [0.2, 0.25) is 0 Å². The SMILES string of the molecule is CCC(=O)N1CCC(c2cc(-c3ccc(NC(=O)Nc4cc(C(F)(F)F)ccn4)c(F)c3)c3c(N)ncnn23)C1. The van der Waals surface area contributed by atoms with E-state index in [-0.39, 0.29) is 29.1 Å². The van der Waals surface area contributed by atoms with Crippen LogP contribution in [0.4, 0.5) is 39.7 Å². The van der Waals surface area contributed by atoms with Gasteiger partial charge in [0, 0.05) is 42.9 Å². The summed E-state index contributed by atoms with van der Waals surface area (Å²) in [6.45, 7) is 2.95. The number of halogens is 4. The summed E-state index contributed by atoms with van der Waals surface area (Å²) in [4.78, 5) is 34.1. The highest BCUT2D eigenvalue weighted by Gasteiger charge is 2.31. The fourth-order valence-electron chi connectivity index (χ4n) is 4.78. The number of hydrogen-bond donors (Lipinski definition) is 3. The van der Waals surface area contributed by atoms with Gasteiger partial charge in [-0.25, -0.2) is 23.7 Å². The number of amides is 3. The van der Waals surface area contributed by atoms with Crippen LogP contribution in [-0.2, 0) is 11.0 Å². The zero-order valence-electron chi connectivity index (χ0n) is 21.2. The van der Waals surface area contributed by atoms with Crippen molar-refractivity contribution < 1.29 is 27.2 Å². The summed E-state index contributed by atoms with van der Waals surface area (Å²) >= 11 is 0. The zero-order valence-corrected chi connectivity index (χ0v) is 21.2. The molecule has 14 heteroatoms. The first-order chi connectivity index (χ1) is 19.0. The Labute approximate surface area is 225 Å². The lowest BCUT2D eigenvalue weighted by Gasteiger charge is -2.15. The van der Waals surface area contributed by atoms with Crippen molar-refractivity contribution in [3.63, 3.8) is 0 Å². The summed E-state index contributed by atoms with van der Waals surface area (Å²) in [5, 5.41) is 8.79. The van der Waals surface area contributed by atoms with Gasteiger partial charge in [0.1, 0.15) is 23.5 Å². The lowest BCUT2D eigenvalue weighted by Crippen LogP contribution is -2.27. The van der Waals surface area contributed by atoms with E-state index < -0.39 is 23.6 Å². The highest BCUT2D eigenvalue weighted by molar-refractivity contribution is 5.99. The largest absolute Gasteiger partial charge is 0.416 e. The fourth-order valence-corrected chi connectivity index (χ4v) is 4.78. The molecule has 1 aliphatic heterocycles. The predicted molar refractivity (Wildman–Crippen MR) is 139 cm³/mol. The quantitative estimate of drug-likeness (QED) is 0.300. The van der Waals surface area contributed by atoms with Gasteiger partial charge in [0.05, 0.1) is 11.3 Å². The number of alkyl halides is 3. The lowest BCUT2D eigenvalue weighted by atomic mass is 10.0. The number of nitrogens with one attached hydrogen (secondary N) is 2. The summed E-state index contributed by atoms with van der Waals surface area (Å²) in [5.74, 6) is -0.896. The second-order valence-corrected chi connectivity index (χ2v) is 9.27. The standard InChI is InChI=1S/C26H24F4N8O2/c1-2-22(39)37-8-6-15(12-37)20-11-17(23-24(31)33-13-34-38(20)23)14-3-4-19(18(27)9-14)35-25(40)36-21-10-16(5-7-32-21)26(28,29)30/h3-5,7,9-11,13,15H,2,6,8,12H2,1H3,(H2,31,33,34)(H2,32,35,36,40). The van der Waals surface area contributed by atoms with Crippen molar-refractivity contribution in [1.82, 2.24) is 24.5 Å². The third kappa shape index (κ3) is 5.24. The maximum Gasteiger partial charge on any atom is 0.416 e. The third-order valence-electron chi connectivity index (χ3n) is 6.73. The summed E-state index contributed by atoms with van der Waals surface area (Å²) in [6, 6.07) is 6.40. The third-order valence-corrected chi connectivity index (χ3v) is 6.73. The van der Waals surface area contributed by atoms with Crippen molar-refractivity contribution in [1.29, 1.82) is 0 Å². The van der Waals surface area contributed by atoms with Crippen molar-refractivity contribution in [3.8, 4) is 11.1 Å². The van der Waals surface area contributed by atoms with E-state index in [4.69, 9.17) is 5.73 Å². The first-order valence-corrected chi connectivity index (χ1v) is 12.4. The first kappa shape index (κ1) is 26.8. The first-order valence-electron chi connectivity index (χ1n) is 12.4. The number of pyridine rings is 1. The molecule has 3 aromatic heterocycles. The molecule has 0 bridgehead atoms. The minimum atomic E-state index is -4.61. The molecule has 0 saturated carbocycles. The zero-order chi connectivity index (χ0) is 28.6. The van der Waals surface area contributed by atoms with Gasteiger partial charge in [-0.1, -0.05) is 13.0 Å². The predicted octanol–water partition coefficient (Wildman–Crippen LogP) is 4.90. The maximum atomic E-state index is 15.1. The molecule has 1 aliphatic rings. The molecule has 10 nitrogen and oxygen atoms in total. The van der Waals surface area contributed by atoms with E-state index in [1.165, 1.54) is 18.5 Å². The molecule has 4 heterocycles. The summed E-state index contributed by atoms with van der Waals surface area (Å²) < 4.78 is 55.5. The lowest BCUT2D eigenvalue weighted by molar-refractivity contribution is -0.137. The minimum absolute atomic E-state index is 0.00927. The monoisotopic (exact) mass is 556 g/mol. The van der Waals surface area contributed by atoms with E-state index in [9.17, 15) is 22.8 Å². The van der Waals surface area contributed by atoms with Crippen molar-refractivity contribution >= 4 is 34.8 Å². The van der Waals surface area contributed by atoms with E-state index >= 15 is 4.39 Å². The van der Waals surface area contributed by atoms with Gasteiger partial charge in [0.15, 0.2) is 5.82 Å². The van der Waals surface area contributed by atoms with Gasteiger partial charge in [-0.05, 0) is 42.3 Å². The van der Waals surface area contributed by atoms with E-state index in [0.717, 1.165) is 24.4 Å². The second-order valence-electron chi connectivity index (χ2n) is 9.27. The molecule has 1 unspecified atom stereocenters. The van der Waals surface area contributed by atoms with E-state index in [0.29, 0.717) is 42.2 Å². The highest BCUT2D eigenvalue weighted by atomic mass is 19.4. The number of aromatic nitrogens is 4. The number of nitrogens with two attached hydrogens (primary N) is 1. The molecule has 1 atom stereocenters. The molecule has 4 N–H and O–H groups in total. The Morgan fingerprint density at radius 2 is 1.93 bits per heavy atom. The van der Waals surface area contributed by atoms with Gasteiger partial charge >= 0.3 is 12.2 Å². The van der Waals surface area contributed by atoms with Gasteiger partial charge in [0.2, 0.25) is 5.91 Å². The van der Waals surface area contributed by atoms with Gasteiger partial charge in [-0.15, -0.1) is 0 Å². The summed E-state index contributed by atoms with van der Waals surface area (Å²) in [5.41, 5.74) is 7.27. The Morgan fingerprint density at radius 3 is 2.65 bits per heavy atom. The molecular formula is C26H24F4N8O2. The second kappa shape index (κ2) is 10.4. The molecule has 5 rings (SSSR count). The molecule has 0 spiro atoms. The molecule has 1 aromatic carbocycles. The average Bonchev–Trinajstić information content (AvgIpc) is 3.55. The number of benzene rings is 1. The number of nitrogen functional groups attached to an aromatic ring is 1. The van der Waals surface area contributed by atoms with Crippen LogP contribution in [-0.4, -0.2) is 49.5 Å². The van der Waals surface area contributed by atoms with Crippen molar-refractivity contribution in [2.24, 2.45) is 0 Å². The Morgan fingerprint density at radius 1 is 1.12 bits per heavy atom. The Bertz CT molecular complexity index is 1600. The summed E-state index contributed by atoms with van der Waals surface area (Å²) in [7, 11) is 0. The van der Waals surface area contributed by atoms with Crippen LogP contribution in [0.5, 0.6) is 0 Å². The number of hydrogen-bond acceptors (Lipinski definition) is 6. The number of rotatable bonds is 5. The molecule has 40 heavy (non-hydrogen) atoms. The van der Waals surface area contributed by atoms with Crippen molar-refractivity contribution in [2.45, 2.75) is 31.9 Å². The minimum Gasteiger partial charge on any atom is -0.382 e. The average molecular weight is 557 g/mol. The van der Waals surface area contributed by atoms with Gasteiger partial charge in [-0.2, -0.15) is 18.3 Å². The number of fused-ring (bicyclic) bond motifs is 1. The Balaban J connectivity index is 1.39. The van der Waals surface area contributed by atoms with Gasteiger partial charge in [0.25, 0.3) is 0 Å². The molecule has 0 aliphatic carbocycles. The van der Waals surface area contributed by atoms with Gasteiger partial charge < -0.3 is 16.0 Å². The van der Waals surface area contributed by atoms with E-state index in [1.54, 1.807) is 15.5 Å². The number of carbonyl (C=O) groups excluding carboxylic acids is 2. The maximum absolute atomic E-state index is 15.1. The van der Waals surface area contributed by atoms with Crippen LogP contribution in [0.3, 0.4) is 0 Å². The number of urea groups is 1. The summed E-state index contributed by atoms with van der Waals surface area (Å²) in [6.07, 6.45) is -1.24. The number of likely N-dealkylation sites (tertiary alicyclic amines) is 1. The number of anilines is 3. The topological polar surface area (TPSA) is 131 Å². The molecule has 1 saturated heterocycles. The van der Waals surface area contributed by atoms with Crippen LogP contribution < -0.4 is 16.4 Å². The Kier molecular flexibility index (Phi) is 7.00. The normalized spacial score (nSPS) is 15.4. The molecule has 3 amide bonds. The molecule has 1 fully saturated rings. The van der Waals surface area contributed by atoms with E-state index in [1.807, 2.05) is 13.0 Å². The molecule has 208 valence electrons. The highest BCUT2D eigenvalue weighted by Crippen LogP contribution is 2.37. The molecule has 0 radical (unpaired) electrons. The van der Waals surface area contributed by atoms with E-state index in [2.05, 4.69) is 25.7 Å². The fraction of sp³-hybridized carbons (Fsp3) is 0.269.